The molecule has 0 aromatic rings. The molecule has 4 rings (SSSR count). The average molecular weight is 360 g/mol. The number of allylic oxidation sites excluding steroid dienone is 3. The van der Waals surface area contributed by atoms with Gasteiger partial charge in [0.05, 0.1) is 17.6 Å². The minimum Gasteiger partial charge on any atom is -0.481 e. The summed E-state index contributed by atoms with van der Waals surface area (Å²) in [6.07, 6.45) is 4.67. The molecule has 6 nitrogen and oxygen atoms in total. The highest BCUT2D eigenvalue weighted by Crippen LogP contribution is 2.71. The molecule has 0 aromatic carbocycles. The van der Waals surface area contributed by atoms with Crippen LogP contribution in [0.1, 0.15) is 32.6 Å². The first-order chi connectivity index (χ1) is 12.1. The van der Waals surface area contributed by atoms with Crippen LogP contribution >= 0.6 is 0 Å². The Bertz CT molecular complexity index is 794. The molecule has 26 heavy (non-hydrogen) atoms. The second-order valence-electron chi connectivity index (χ2n) is 8.48. The van der Waals surface area contributed by atoms with Gasteiger partial charge in [-0.15, -0.1) is 0 Å². The molecular formula is C20H24O6. The quantitative estimate of drug-likeness (QED) is 0.666. The standard InChI is InChI=1S/C20H24O6/c1-10-8-19-9-20(10,25)7-6-12(19)11-4-5-13(26-3)18(2,17(23)24)14(11)15(19)16(21)22/h4-5,13-15,25H,1,6-9H2,2-3H3,(H,21,22)(H,23,24)/t13-,14+,15+,18+,19-,20-/m0/s1. The molecule has 0 radical (unpaired) electrons. The van der Waals surface area contributed by atoms with Crippen LogP contribution in [0, 0.1) is 22.7 Å². The van der Waals surface area contributed by atoms with E-state index in [1.165, 1.54) is 7.11 Å². The number of hydrogen-bond acceptors (Lipinski definition) is 4. The number of rotatable bonds is 3. The Morgan fingerprint density at radius 3 is 2.62 bits per heavy atom. The van der Waals surface area contributed by atoms with Crippen molar-refractivity contribution in [1.29, 1.82) is 0 Å². The highest BCUT2D eigenvalue weighted by Gasteiger charge is 2.70. The molecule has 4 aliphatic carbocycles. The molecule has 140 valence electrons. The van der Waals surface area contributed by atoms with Crippen LogP contribution in [0.2, 0.25) is 0 Å². The van der Waals surface area contributed by atoms with E-state index >= 15 is 0 Å². The molecule has 4 aliphatic rings. The van der Waals surface area contributed by atoms with Crippen LogP contribution in [-0.4, -0.2) is 46.1 Å². The largest absolute Gasteiger partial charge is 0.481 e. The van der Waals surface area contributed by atoms with Gasteiger partial charge in [0.1, 0.15) is 5.41 Å². The predicted octanol–water partition coefficient (Wildman–Crippen LogP) is 2.15. The van der Waals surface area contributed by atoms with Gasteiger partial charge in [-0.3, -0.25) is 9.59 Å². The lowest BCUT2D eigenvalue weighted by molar-refractivity contribution is -0.166. The van der Waals surface area contributed by atoms with Gasteiger partial charge >= 0.3 is 11.9 Å². The molecule has 6 atom stereocenters. The normalized spacial score (nSPS) is 46.3. The van der Waals surface area contributed by atoms with Gasteiger partial charge in [-0.2, -0.15) is 0 Å². The van der Waals surface area contributed by atoms with Crippen molar-refractivity contribution < 1.29 is 29.6 Å². The Morgan fingerprint density at radius 1 is 1.35 bits per heavy atom. The van der Waals surface area contributed by atoms with Crippen molar-refractivity contribution in [2.75, 3.05) is 7.11 Å². The van der Waals surface area contributed by atoms with Crippen molar-refractivity contribution in [1.82, 2.24) is 0 Å². The molecule has 6 heteroatoms. The zero-order chi connectivity index (χ0) is 19.1. The van der Waals surface area contributed by atoms with Crippen LogP contribution in [0.4, 0.5) is 0 Å². The lowest BCUT2D eigenvalue weighted by Crippen LogP contribution is -2.53. The fourth-order valence-electron chi connectivity index (χ4n) is 6.24. The van der Waals surface area contributed by atoms with E-state index in [9.17, 15) is 24.9 Å². The molecular weight excluding hydrogens is 336 g/mol. The zero-order valence-corrected chi connectivity index (χ0v) is 15.0. The maximum Gasteiger partial charge on any atom is 0.312 e. The number of methoxy groups -OCH3 is 1. The molecule has 0 aliphatic heterocycles. The van der Waals surface area contributed by atoms with Crippen LogP contribution in [0.5, 0.6) is 0 Å². The topological polar surface area (TPSA) is 104 Å². The Morgan fingerprint density at radius 2 is 2.04 bits per heavy atom. The van der Waals surface area contributed by atoms with Gasteiger partial charge < -0.3 is 20.1 Å². The molecule has 2 bridgehead atoms. The second-order valence-corrected chi connectivity index (χ2v) is 8.48. The number of carbonyl (C=O) groups is 2. The number of aliphatic carboxylic acids is 2. The summed E-state index contributed by atoms with van der Waals surface area (Å²) >= 11 is 0. The Labute approximate surface area is 151 Å². The van der Waals surface area contributed by atoms with Crippen LogP contribution in [0.25, 0.3) is 0 Å². The highest BCUT2D eigenvalue weighted by atomic mass is 16.5. The van der Waals surface area contributed by atoms with Gasteiger partial charge in [-0.1, -0.05) is 24.3 Å². The maximum absolute atomic E-state index is 12.4. The number of fused-ring (bicyclic) bond motifs is 2. The molecule has 2 saturated carbocycles. The SMILES string of the molecule is C=C1C[C@]23C[C@@]1(O)CCC2=C1C=C[C@H](OC)[C@@](C)(C(=O)O)[C@H]1[C@@H]3C(=O)O. The Kier molecular flexibility index (Phi) is 3.42. The smallest absolute Gasteiger partial charge is 0.312 e. The third kappa shape index (κ3) is 1.79. The molecule has 0 amide bonds. The molecule has 1 spiro atoms. The summed E-state index contributed by atoms with van der Waals surface area (Å²) in [7, 11) is 1.44. The first-order valence-electron chi connectivity index (χ1n) is 8.93. The van der Waals surface area contributed by atoms with Crippen molar-refractivity contribution in [3.63, 3.8) is 0 Å². The van der Waals surface area contributed by atoms with E-state index in [2.05, 4.69) is 6.58 Å². The molecule has 0 unspecified atom stereocenters. The van der Waals surface area contributed by atoms with Crippen LogP contribution < -0.4 is 0 Å². The van der Waals surface area contributed by atoms with E-state index in [-0.39, 0.29) is 0 Å². The predicted molar refractivity (Wildman–Crippen MR) is 92.3 cm³/mol. The van der Waals surface area contributed by atoms with Gasteiger partial charge in [-0.05, 0) is 43.8 Å². The van der Waals surface area contributed by atoms with Crippen molar-refractivity contribution in [2.45, 2.75) is 44.3 Å². The zero-order valence-electron chi connectivity index (χ0n) is 15.0. The van der Waals surface area contributed by atoms with Gasteiger partial charge in [0.2, 0.25) is 0 Å². The van der Waals surface area contributed by atoms with Crippen molar-refractivity contribution >= 4 is 11.9 Å². The summed E-state index contributed by atoms with van der Waals surface area (Å²) in [5.74, 6) is -3.69. The summed E-state index contributed by atoms with van der Waals surface area (Å²) < 4.78 is 5.43. The summed E-state index contributed by atoms with van der Waals surface area (Å²) in [4.78, 5) is 24.7. The van der Waals surface area contributed by atoms with Gasteiger partial charge in [-0.25, -0.2) is 0 Å². The summed E-state index contributed by atoms with van der Waals surface area (Å²) in [5, 5.41) is 31.1. The van der Waals surface area contributed by atoms with Crippen LogP contribution in [0.3, 0.4) is 0 Å². The molecule has 0 heterocycles. The number of carboxylic acids is 2. The van der Waals surface area contributed by atoms with E-state index in [0.717, 1.165) is 11.1 Å². The maximum atomic E-state index is 12.4. The fraction of sp³-hybridized carbons (Fsp3) is 0.600. The molecule has 2 fully saturated rings. The van der Waals surface area contributed by atoms with Crippen LogP contribution in [0.15, 0.2) is 35.5 Å². The minimum atomic E-state index is -1.39. The Hall–Kier alpha value is -1.92. The Balaban J connectivity index is 1.97. The molecule has 3 N–H and O–H groups in total. The van der Waals surface area contributed by atoms with Gasteiger partial charge in [0, 0.05) is 18.4 Å². The molecule has 0 saturated heterocycles. The lowest BCUT2D eigenvalue weighted by Gasteiger charge is -2.44. The second kappa shape index (κ2) is 5.08. The summed E-state index contributed by atoms with van der Waals surface area (Å²) in [5.41, 5.74) is -0.705. The minimum absolute atomic E-state index is 0.312. The van der Waals surface area contributed by atoms with Gasteiger partial charge in [0.15, 0.2) is 0 Å². The van der Waals surface area contributed by atoms with E-state index < -0.39 is 46.3 Å². The molecule has 0 aromatic heterocycles. The van der Waals surface area contributed by atoms with Gasteiger partial charge in [0.25, 0.3) is 0 Å². The van der Waals surface area contributed by atoms with Crippen molar-refractivity contribution in [3.8, 4) is 0 Å². The fourth-order valence-corrected chi connectivity index (χ4v) is 6.24. The number of carboxylic acid groups (broad SMARTS) is 2. The summed E-state index contributed by atoms with van der Waals surface area (Å²) in [6, 6.07) is 0. The monoisotopic (exact) mass is 360 g/mol. The van der Waals surface area contributed by atoms with E-state index in [1.54, 1.807) is 13.0 Å². The first-order valence-corrected chi connectivity index (χ1v) is 8.93. The third-order valence-electron chi connectivity index (χ3n) is 7.47. The van der Waals surface area contributed by atoms with E-state index in [1.807, 2.05) is 6.08 Å². The number of hydrogen-bond donors (Lipinski definition) is 3. The highest BCUT2D eigenvalue weighted by molar-refractivity contribution is 5.83. The average Bonchev–Trinajstić information content (AvgIpc) is 2.95. The first kappa shape index (κ1) is 17.5. The number of ether oxygens (including phenoxy) is 1. The van der Waals surface area contributed by atoms with Crippen molar-refractivity contribution in [2.24, 2.45) is 22.7 Å². The number of aliphatic hydroxyl groups is 1. The van der Waals surface area contributed by atoms with Crippen LogP contribution in [-0.2, 0) is 14.3 Å². The van der Waals surface area contributed by atoms with Crippen molar-refractivity contribution in [3.05, 3.63) is 35.5 Å². The summed E-state index contributed by atoms with van der Waals surface area (Å²) in [6.45, 7) is 5.59. The van der Waals surface area contributed by atoms with E-state index in [4.69, 9.17) is 4.74 Å². The lowest BCUT2D eigenvalue weighted by atomic mass is 9.59. The third-order valence-corrected chi connectivity index (χ3v) is 7.47. The van der Waals surface area contributed by atoms with E-state index in [0.29, 0.717) is 31.3 Å².